The lowest BCUT2D eigenvalue weighted by Crippen LogP contribution is -2.37. The lowest BCUT2D eigenvalue weighted by Gasteiger charge is -1.95. The number of aryl methyl sites for hydroxylation is 1. The van der Waals surface area contributed by atoms with Crippen LogP contribution < -0.4 is 16.1 Å². The van der Waals surface area contributed by atoms with E-state index in [-0.39, 0.29) is 11.8 Å². The second-order valence-corrected chi connectivity index (χ2v) is 4.78. The molecule has 0 aliphatic carbocycles. The average molecular weight is 310 g/mol. The standard InChI is InChI=1S/C13H14ClFN6/c1-8-11(6-18-19-13(16)17)12(14)21(20-8)7-9-2-4-10(15)5-3-9/h2-6H,7H2,1H3,(H4,16,17,19)/p+1/b18-6+. The highest BCUT2D eigenvalue weighted by molar-refractivity contribution is 6.31. The number of rotatable bonds is 4. The third kappa shape index (κ3) is 3.79. The summed E-state index contributed by atoms with van der Waals surface area (Å²) >= 11 is 6.28. The number of guanidine groups is 1. The van der Waals surface area contributed by atoms with Gasteiger partial charge in [-0.3, -0.25) is 0 Å². The molecule has 0 saturated carbocycles. The molecule has 1 heterocycles. The molecule has 5 N–H and O–H groups in total. The van der Waals surface area contributed by atoms with E-state index in [4.69, 9.17) is 23.1 Å². The predicted octanol–water partition coefficient (Wildman–Crippen LogP) is 1.06. The van der Waals surface area contributed by atoms with Gasteiger partial charge < -0.3 is 11.5 Å². The first-order valence-electron chi connectivity index (χ1n) is 6.11. The number of H-pyrrole nitrogens is 1. The molecule has 110 valence electrons. The van der Waals surface area contributed by atoms with Gasteiger partial charge in [0.25, 0.3) is 0 Å². The first-order valence-corrected chi connectivity index (χ1v) is 6.49. The van der Waals surface area contributed by atoms with Gasteiger partial charge in [0.1, 0.15) is 11.4 Å². The van der Waals surface area contributed by atoms with E-state index in [1.165, 1.54) is 18.3 Å². The molecule has 0 aliphatic heterocycles. The first-order chi connectivity index (χ1) is 9.97. The lowest BCUT2D eigenvalue weighted by molar-refractivity contribution is -0.740. The Bertz CT molecular complexity index is 685. The van der Waals surface area contributed by atoms with Crippen molar-refractivity contribution in [1.29, 1.82) is 0 Å². The van der Waals surface area contributed by atoms with Crippen molar-refractivity contribution in [2.24, 2.45) is 21.7 Å². The molecule has 8 heteroatoms. The van der Waals surface area contributed by atoms with Crippen LogP contribution in [0.5, 0.6) is 0 Å². The van der Waals surface area contributed by atoms with Crippen LogP contribution >= 0.6 is 11.6 Å². The van der Waals surface area contributed by atoms with Crippen LogP contribution in [0.1, 0.15) is 16.8 Å². The van der Waals surface area contributed by atoms with Gasteiger partial charge in [0.15, 0.2) is 6.54 Å². The van der Waals surface area contributed by atoms with Gasteiger partial charge in [-0.15, -0.1) is 5.10 Å². The predicted molar refractivity (Wildman–Crippen MR) is 79.6 cm³/mol. The fourth-order valence-electron chi connectivity index (χ4n) is 1.80. The van der Waals surface area contributed by atoms with Crippen molar-refractivity contribution in [2.45, 2.75) is 13.5 Å². The van der Waals surface area contributed by atoms with Gasteiger partial charge in [0, 0.05) is 5.56 Å². The number of nitrogens with zero attached hydrogens (tertiary/aromatic N) is 3. The maximum absolute atomic E-state index is 12.9. The van der Waals surface area contributed by atoms with Crippen LogP contribution in [0.25, 0.3) is 0 Å². The second-order valence-electron chi connectivity index (χ2n) is 4.42. The molecule has 1 aromatic heterocycles. The number of halogens is 2. The van der Waals surface area contributed by atoms with Crippen LogP contribution in [-0.2, 0) is 6.54 Å². The number of hydrogen-bond acceptors (Lipinski definition) is 2. The number of nitrogens with one attached hydrogen (secondary N) is 1. The van der Waals surface area contributed by atoms with E-state index in [9.17, 15) is 4.39 Å². The van der Waals surface area contributed by atoms with E-state index < -0.39 is 0 Å². The van der Waals surface area contributed by atoms with Crippen LogP contribution in [0, 0.1) is 12.7 Å². The van der Waals surface area contributed by atoms with Crippen molar-refractivity contribution < 1.29 is 9.07 Å². The fraction of sp³-hybridized carbons (Fsp3) is 0.154. The summed E-state index contributed by atoms with van der Waals surface area (Å²) < 4.78 is 14.6. The van der Waals surface area contributed by atoms with Crippen LogP contribution in [0.15, 0.2) is 34.5 Å². The maximum atomic E-state index is 12.9. The fourth-order valence-corrected chi connectivity index (χ4v) is 2.09. The summed E-state index contributed by atoms with van der Waals surface area (Å²) in [7, 11) is 0. The van der Waals surface area contributed by atoms with Gasteiger partial charge in [-0.25, -0.2) is 4.39 Å². The topological polar surface area (TPSA) is 96.4 Å². The van der Waals surface area contributed by atoms with Gasteiger partial charge >= 0.3 is 5.15 Å². The summed E-state index contributed by atoms with van der Waals surface area (Å²) in [5.41, 5.74) is 12.8. The van der Waals surface area contributed by atoms with Crippen molar-refractivity contribution in [2.75, 3.05) is 0 Å². The van der Waals surface area contributed by atoms with E-state index in [1.807, 2.05) is 6.92 Å². The monoisotopic (exact) mass is 309 g/mol. The molecule has 6 nitrogen and oxygen atoms in total. The number of aromatic nitrogens is 2. The van der Waals surface area contributed by atoms with Gasteiger partial charge in [-0.2, -0.15) is 10.2 Å². The van der Waals surface area contributed by atoms with Crippen molar-refractivity contribution in [3.05, 3.63) is 52.1 Å². The van der Waals surface area contributed by atoms with E-state index in [2.05, 4.69) is 15.3 Å². The summed E-state index contributed by atoms with van der Waals surface area (Å²) in [5, 5.41) is 10.8. The molecule has 21 heavy (non-hydrogen) atoms. The highest BCUT2D eigenvalue weighted by atomic mass is 35.5. The highest BCUT2D eigenvalue weighted by Gasteiger charge is 2.20. The Morgan fingerprint density at radius 1 is 1.38 bits per heavy atom. The average Bonchev–Trinajstić information content (AvgIpc) is 2.68. The Kier molecular flexibility index (Phi) is 4.54. The Morgan fingerprint density at radius 2 is 2.05 bits per heavy atom. The van der Waals surface area contributed by atoms with Crippen LogP contribution in [-0.4, -0.2) is 17.3 Å². The zero-order valence-electron chi connectivity index (χ0n) is 11.3. The molecule has 0 spiro atoms. The van der Waals surface area contributed by atoms with Gasteiger partial charge in [-0.05, 0) is 42.8 Å². The third-order valence-electron chi connectivity index (χ3n) is 2.78. The number of nitrogens with two attached hydrogens (primary N) is 2. The lowest BCUT2D eigenvalue weighted by atomic mass is 10.2. The van der Waals surface area contributed by atoms with Gasteiger partial charge in [-0.1, -0.05) is 4.68 Å². The summed E-state index contributed by atoms with van der Waals surface area (Å²) in [6.07, 6.45) is 1.47. The van der Waals surface area contributed by atoms with Gasteiger partial charge in [0.05, 0.1) is 11.9 Å². The molecule has 0 fully saturated rings. The Hall–Kier alpha value is -2.41. The molecule has 2 aromatic rings. The minimum atomic E-state index is -0.275. The summed E-state index contributed by atoms with van der Waals surface area (Å²) in [6.45, 7) is 2.33. The Morgan fingerprint density at radius 3 is 2.67 bits per heavy atom. The van der Waals surface area contributed by atoms with E-state index >= 15 is 0 Å². The molecule has 1 aromatic carbocycles. The molecule has 0 radical (unpaired) electrons. The molecule has 2 rings (SSSR count). The minimum absolute atomic E-state index is 0.130. The second kappa shape index (κ2) is 6.36. The molecule has 0 aliphatic rings. The van der Waals surface area contributed by atoms with Crippen LogP contribution in [0.4, 0.5) is 4.39 Å². The SMILES string of the molecule is Cc1[nH][n+](Cc2ccc(F)cc2)c(Cl)c1/C=N/N=C(N)N. The van der Waals surface area contributed by atoms with Crippen LogP contribution in [0.2, 0.25) is 5.15 Å². The van der Waals surface area contributed by atoms with E-state index in [1.54, 1.807) is 16.8 Å². The minimum Gasteiger partial charge on any atom is -0.369 e. The molecule has 0 atom stereocenters. The summed E-state index contributed by atoms with van der Waals surface area (Å²) in [6, 6.07) is 6.20. The highest BCUT2D eigenvalue weighted by Crippen LogP contribution is 2.13. The van der Waals surface area contributed by atoms with Crippen molar-refractivity contribution >= 4 is 23.8 Å². The normalized spacial score (nSPS) is 11.0. The van der Waals surface area contributed by atoms with Crippen molar-refractivity contribution in [3.63, 3.8) is 0 Å². The number of hydrogen-bond donors (Lipinski definition) is 3. The van der Waals surface area contributed by atoms with Gasteiger partial charge in [0.2, 0.25) is 5.96 Å². The largest absolute Gasteiger partial charge is 0.369 e. The summed E-state index contributed by atoms with van der Waals surface area (Å²) in [4.78, 5) is 0. The number of aromatic amines is 1. The molecule has 0 saturated heterocycles. The Labute approximate surface area is 125 Å². The van der Waals surface area contributed by atoms with E-state index in [0.717, 1.165) is 11.3 Å². The zero-order valence-corrected chi connectivity index (χ0v) is 12.1. The zero-order chi connectivity index (χ0) is 15.4. The molecule has 0 amide bonds. The molecule has 0 unspecified atom stereocenters. The Balaban J connectivity index is 2.24. The van der Waals surface area contributed by atoms with E-state index in [0.29, 0.717) is 17.3 Å². The third-order valence-corrected chi connectivity index (χ3v) is 3.19. The molecule has 0 bridgehead atoms. The molecular formula is C13H15ClFN6+. The van der Waals surface area contributed by atoms with Crippen molar-refractivity contribution in [3.8, 4) is 0 Å². The van der Waals surface area contributed by atoms with Crippen molar-refractivity contribution in [1.82, 2.24) is 5.10 Å². The quantitative estimate of drug-likeness (QED) is 0.341. The smallest absolute Gasteiger partial charge is 0.309 e. The van der Waals surface area contributed by atoms with Crippen LogP contribution in [0.3, 0.4) is 0 Å². The maximum Gasteiger partial charge on any atom is 0.309 e. The molecular weight excluding hydrogens is 295 g/mol. The number of benzene rings is 1. The summed E-state index contributed by atoms with van der Waals surface area (Å²) in [5.74, 6) is -0.405. The first kappa shape index (κ1) is 15.0.